The van der Waals surface area contributed by atoms with Gasteiger partial charge in [-0.2, -0.15) is 5.10 Å². The summed E-state index contributed by atoms with van der Waals surface area (Å²) in [5, 5.41) is 7.54. The quantitative estimate of drug-likeness (QED) is 0.0116. The molecule has 0 atom stereocenters. The van der Waals surface area contributed by atoms with Crippen molar-refractivity contribution < 1.29 is 66.7 Å². The Morgan fingerprint density at radius 3 is 1.40 bits per heavy atom. The second-order valence-corrected chi connectivity index (χ2v) is 21.4. The summed E-state index contributed by atoms with van der Waals surface area (Å²) in [5.74, 6) is -1.47. The first-order valence-electron chi connectivity index (χ1n) is 28.3. The maximum Gasteiger partial charge on any atom is 0.330 e. The summed E-state index contributed by atoms with van der Waals surface area (Å²) in [5.41, 5.74) is 3.52. The van der Waals surface area contributed by atoms with Gasteiger partial charge in [0.15, 0.2) is 0 Å². The molecule has 0 spiro atoms. The third-order valence-electron chi connectivity index (χ3n) is 14.5. The highest BCUT2D eigenvalue weighted by Gasteiger charge is 2.35. The Hall–Kier alpha value is -8.31. The van der Waals surface area contributed by atoms with Crippen LogP contribution in [0.5, 0.6) is 34.5 Å². The number of carbonyl (C=O) groups excluding carboxylic acids is 6. The fourth-order valence-electron chi connectivity index (χ4n) is 9.90. The Bertz CT molecular complexity index is 3140. The second-order valence-electron chi connectivity index (χ2n) is 20.4. The van der Waals surface area contributed by atoms with Gasteiger partial charge in [-0.3, -0.25) is 24.6 Å². The van der Waals surface area contributed by atoms with E-state index in [0.717, 1.165) is 78.6 Å². The summed E-state index contributed by atoms with van der Waals surface area (Å²) in [4.78, 5) is 77.1. The van der Waals surface area contributed by atoms with E-state index in [4.69, 9.17) is 37.9 Å². The van der Waals surface area contributed by atoms with Crippen molar-refractivity contribution in [2.24, 2.45) is 28.8 Å². The second kappa shape index (κ2) is 31.0. The van der Waals surface area contributed by atoms with Crippen LogP contribution in [0.3, 0.4) is 0 Å². The topological polar surface area (TPSA) is 201 Å². The number of fused-ring (bicyclic) bond motifs is 2. The van der Waals surface area contributed by atoms with Gasteiger partial charge in [0.1, 0.15) is 39.5 Å². The van der Waals surface area contributed by atoms with Crippen molar-refractivity contribution in [1.82, 2.24) is 0 Å². The van der Waals surface area contributed by atoms with Gasteiger partial charge >= 0.3 is 35.8 Å². The standard InChI is InChI=1S/C65H70N2O14S/c1-3-59(68)76-39-15-7-5-13-37-74-50-29-33-52(34-30-50)78-62(70)44-21-25-46(26-22-44)64(72)80-56-41-49(43-66-67-58-42-48-17-9-12-20-57(48)82-58)61(55-19-11-10-18-54(55)56)81-65(73)47-27-23-45(24-28-47)63(71)79-53-35-31-51(32-36-53)75-38-14-6-8-16-40-77-60(69)4-2/h3-4,9-12,17-20,29-36,41-47,67H,1-2,5-8,13-16,21-28,37-40H2/b66-43+. The highest BCUT2D eigenvalue weighted by Crippen LogP contribution is 2.40. The molecule has 430 valence electrons. The van der Waals surface area contributed by atoms with Gasteiger partial charge in [-0.05, 0) is 175 Å². The first-order valence-corrected chi connectivity index (χ1v) is 29.1. The van der Waals surface area contributed by atoms with Crippen LogP contribution in [0.1, 0.15) is 108 Å². The number of nitrogens with zero attached hydrogens (tertiary/aromatic N) is 1. The van der Waals surface area contributed by atoms with Crippen molar-refractivity contribution in [2.75, 3.05) is 31.9 Å². The lowest BCUT2D eigenvalue weighted by Crippen LogP contribution is -2.31. The van der Waals surface area contributed by atoms with E-state index in [-0.39, 0.29) is 29.4 Å². The molecule has 82 heavy (non-hydrogen) atoms. The third kappa shape index (κ3) is 17.8. The molecule has 2 aliphatic rings. The van der Waals surface area contributed by atoms with E-state index in [0.29, 0.717) is 117 Å². The lowest BCUT2D eigenvalue weighted by atomic mass is 9.82. The van der Waals surface area contributed by atoms with Crippen LogP contribution in [0.15, 0.2) is 140 Å². The zero-order valence-electron chi connectivity index (χ0n) is 46.1. The molecule has 0 unspecified atom stereocenters. The molecule has 5 aromatic carbocycles. The van der Waals surface area contributed by atoms with E-state index >= 15 is 0 Å². The molecule has 1 heterocycles. The number of hydrazone groups is 1. The van der Waals surface area contributed by atoms with Gasteiger partial charge < -0.3 is 37.9 Å². The zero-order valence-corrected chi connectivity index (χ0v) is 46.9. The van der Waals surface area contributed by atoms with Crippen molar-refractivity contribution in [3.8, 4) is 34.5 Å². The molecule has 0 saturated heterocycles. The molecule has 1 N–H and O–H groups in total. The van der Waals surface area contributed by atoms with Gasteiger partial charge in [-0.25, -0.2) is 9.59 Å². The van der Waals surface area contributed by atoms with E-state index < -0.39 is 41.6 Å². The van der Waals surface area contributed by atoms with Gasteiger partial charge in [0.2, 0.25) is 0 Å². The number of nitrogens with one attached hydrogen (secondary N) is 1. The number of anilines is 1. The third-order valence-corrected chi connectivity index (χ3v) is 15.5. The molecule has 2 saturated carbocycles. The fourth-order valence-corrected chi connectivity index (χ4v) is 10.8. The molecule has 0 aliphatic heterocycles. The van der Waals surface area contributed by atoms with Crippen LogP contribution in [-0.4, -0.2) is 68.5 Å². The minimum Gasteiger partial charge on any atom is -0.494 e. The van der Waals surface area contributed by atoms with Crippen molar-refractivity contribution in [1.29, 1.82) is 0 Å². The number of thiophene rings is 1. The first kappa shape index (κ1) is 59.8. The SMILES string of the molecule is C=CC(=O)OCCCCCCOc1ccc(OC(=O)C2CCC(C(=O)Oc3cc(/C=N/Nc4cc5ccccc5s4)c(OC(=O)C4CCC(C(=O)Oc5ccc(OCCCCCCOC(=O)C=C)cc5)CC4)c4ccccc34)CC2)cc1. The number of unbranched alkanes of at least 4 members (excludes halogenated alkanes) is 6. The van der Waals surface area contributed by atoms with Crippen LogP contribution >= 0.6 is 11.3 Å². The van der Waals surface area contributed by atoms with Crippen LogP contribution in [0.2, 0.25) is 0 Å². The summed E-state index contributed by atoms with van der Waals surface area (Å²) in [6, 6.07) is 32.8. The van der Waals surface area contributed by atoms with E-state index in [2.05, 4.69) is 23.7 Å². The summed E-state index contributed by atoms with van der Waals surface area (Å²) in [7, 11) is 0. The molecule has 17 heteroatoms. The van der Waals surface area contributed by atoms with Crippen LogP contribution in [0, 0.1) is 23.7 Å². The average molecular weight is 1140 g/mol. The lowest BCUT2D eigenvalue weighted by Gasteiger charge is -2.27. The number of hydrogen-bond acceptors (Lipinski definition) is 17. The molecule has 1 aromatic heterocycles. The minimum absolute atomic E-state index is 0.259. The molecule has 2 aliphatic carbocycles. The number of carbonyl (C=O) groups is 6. The van der Waals surface area contributed by atoms with Crippen molar-refractivity contribution in [2.45, 2.75) is 103 Å². The maximum absolute atomic E-state index is 14.1. The summed E-state index contributed by atoms with van der Waals surface area (Å²) >= 11 is 1.54. The Morgan fingerprint density at radius 2 is 0.915 bits per heavy atom. The molecule has 2 fully saturated rings. The van der Waals surface area contributed by atoms with Crippen molar-refractivity contribution in [3.05, 3.63) is 140 Å². The summed E-state index contributed by atoms with van der Waals surface area (Å²) < 4.78 is 46.8. The summed E-state index contributed by atoms with van der Waals surface area (Å²) in [6.07, 6.45) is 14.3. The van der Waals surface area contributed by atoms with Gasteiger partial charge in [0, 0.05) is 33.2 Å². The van der Waals surface area contributed by atoms with E-state index in [1.807, 2.05) is 54.6 Å². The molecule has 6 aromatic rings. The average Bonchev–Trinajstić information content (AvgIpc) is 3.75. The van der Waals surface area contributed by atoms with Crippen LogP contribution < -0.4 is 33.8 Å². The highest BCUT2D eigenvalue weighted by atomic mass is 32.1. The van der Waals surface area contributed by atoms with Crippen LogP contribution in [-0.2, 0) is 38.2 Å². The number of benzene rings is 5. The van der Waals surface area contributed by atoms with E-state index in [1.54, 1.807) is 72.1 Å². The predicted molar refractivity (Wildman–Crippen MR) is 314 cm³/mol. The number of rotatable bonds is 29. The highest BCUT2D eigenvalue weighted by molar-refractivity contribution is 7.22. The molecule has 0 radical (unpaired) electrons. The van der Waals surface area contributed by atoms with E-state index in [1.165, 1.54) is 0 Å². The smallest absolute Gasteiger partial charge is 0.330 e. The molecule has 8 rings (SSSR count). The van der Waals surface area contributed by atoms with Crippen molar-refractivity contribution >= 4 is 79.2 Å². The molecule has 0 bridgehead atoms. The summed E-state index contributed by atoms with van der Waals surface area (Å²) in [6.45, 7) is 8.58. The van der Waals surface area contributed by atoms with Gasteiger partial charge in [-0.15, -0.1) is 11.3 Å². The Balaban J connectivity index is 0.836. The number of hydrogen-bond donors (Lipinski definition) is 1. The van der Waals surface area contributed by atoms with Crippen molar-refractivity contribution in [3.63, 3.8) is 0 Å². The number of ether oxygens (including phenoxy) is 8. The first-order chi connectivity index (χ1) is 40.0. The monoisotopic (exact) mass is 1130 g/mol. The van der Waals surface area contributed by atoms with Gasteiger partial charge in [0.25, 0.3) is 0 Å². The molecule has 16 nitrogen and oxygen atoms in total. The van der Waals surface area contributed by atoms with Crippen LogP contribution in [0.25, 0.3) is 20.9 Å². The maximum atomic E-state index is 14.1. The fraction of sp³-hybridized carbons (Fsp3) is 0.369. The molecular weight excluding hydrogens is 1060 g/mol. The predicted octanol–water partition coefficient (Wildman–Crippen LogP) is 13.5. The lowest BCUT2D eigenvalue weighted by molar-refractivity contribution is -0.145. The Morgan fingerprint density at radius 1 is 0.488 bits per heavy atom. The minimum atomic E-state index is -0.484. The largest absolute Gasteiger partial charge is 0.494 e. The molecule has 0 amide bonds. The number of esters is 6. The van der Waals surface area contributed by atoms with Crippen LogP contribution in [0.4, 0.5) is 5.00 Å². The Kier molecular flexibility index (Phi) is 22.6. The van der Waals surface area contributed by atoms with E-state index in [9.17, 15) is 28.8 Å². The normalized spacial score (nSPS) is 16.8. The zero-order chi connectivity index (χ0) is 57.5. The Labute approximate surface area is 481 Å². The van der Waals surface area contributed by atoms with Gasteiger partial charge in [-0.1, -0.05) is 55.6 Å². The van der Waals surface area contributed by atoms with Gasteiger partial charge in [0.05, 0.1) is 56.3 Å². The molecular formula is C65H70N2O14S.